The molecule has 1 aromatic carbocycles. The zero-order valence-electron chi connectivity index (χ0n) is 27.6. The van der Waals surface area contributed by atoms with Crippen molar-refractivity contribution in [3.63, 3.8) is 0 Å². The first kappa shape index (κ1) is 32.4. The first-order chi connectivity index (χ1) is 21.5. The number of hydrogen-bond acceptors (Lipinski definition) is 8. The van der Waals surface area contributed by atoms with Crippen LogP contribution in [0.25, 0.3) is 10.3 Å². The first-order valence-electron chi connectivity index (χ1n) is 17.1. The van der Waals surface area contributed by atoms with Crippen LogP contribution in [0.3, 0.4) is 0 Å². The number of aryl methyl sites for hydroxylation is 1. The normalized spacial score (nSPS) is 22.5. The van der Waals surface area contributed by atoms with Gasteiger partial charge in [-0.1, -0.05) is 50.3 Å². The number of piperidine rings is 1. The third kappa shape index (κ3) is 7.90. The minimum Gasteiger partial charge on any atom is -0.393 e. The van der Waals surface area contributed by atoms with Crippen LogP contribution in [0.4, 0.5) is 0 Å². The molecule has 0 unspecified atom stereocenters. The number of thiazole rings is 1. The maximum atomic E-state index is 13.9. The van der Waals surface area contributed by atoms with Gasteiger partial charge in [0, 0.05) is 43.7 Å². The second-order valence-corrected chi connectivity index (χ2v) is 16.1. The van der Waals surface area contributed by atoms with Crippen molar-refractivity contribution >= 4 is 33.3 Å². The average molecular weight is 631 g/mol. The van der Waals surface area contributed by atoms with Crippen molar-refractivity contribution in [3.05, 3.63) is 57.7 Å². The minimum absolute atomic E-state index is 0.0181. The van der Waals surface area contributed by atoms with Crippen LogP contribution in [0.15, 0.2) is 30.3 Å². The number of pyridine rings is 1. The molecule has 0 saturated carbocycles. The number of likely N-dealkylation sites (tertiary alicyclic amines) is 2. The molecule has 7 nitrogen and oxygen atoms in total. The van der Waals surface area contributed by atoms with Crippen molar-refractivity contribution in [2.24, 2.45) is 17.3 Å². The lowest BCUT2D eigenvalue weighted by atomic mass is 9.71. The summed E-state index contributed by atoms with van der Waals surface area (Å²) < 4.78 is 0. The van der Waals surface area contributed by atoms with Gasteiger partial charge in [0.15, 0.2) is 16.6 Å². The lowest BCUT2D eigenvalue weighted by Gasteiger charge is -2.34. The molecule has 1 aliphatic carbocycles. The van der Waals surface area contributed by atoms with Crippen LogP contribution < -0.4 is 0 Å². The first-order valence-corrected chi connectivity index (χ1v) is 17.9. The van der Waals surface area contributed by atoms with E-state index >= 15 is 0 Å². The largest absolute Gasteiger partial charge is 0.393 e. The zero-order valence-corrected chi connectivity index (χ0v) is 28.4. The van der Waals surface area contributed by atoms with E-state index in [0.717, 1.165) is 99.1 Å². The number of aromatic nitrogens is 2. The number of aliphatic hydroxyl groups is 1. The second kappa shape index (κ2) is 13.7. The molecule has 45 heavy (non-hydrogen) atoms. The Bertz CT molecular complexity index is 1520. The van der Waals surface area contributed by atoms with E-state index in [-0.39, 0.29) is 29.0 Å². The molecule has 3 aliphatic rings. The van der Waals surface area contributed by atoms with Gasteiger partial charge in [0.1, 0.15) is 10.3 Å². The third-order valence-corrected chi connectivity index (χ3v) is 11.6. The summed E-state index contributed by atoms with van der Waals surface area (Å²) in [5.74, 6) is 1.26. The van der Waals surface area contributed by atoms with Crippen LogP contribution in [-0.4, -0.2) is 82.3 Å². The number of nitrogens with zero attached hydrogens (tertiary/aromatic N) is 4. The van der Waals surface area contributed by atoms with Crippen molar-refractivity contribution < 1.29 is 14.7 Å². The summed E-state index contributed by atoms with van der Waals surface area (Å²) in [7, 11) is 2.12. The van der Waals surface area contributed by atoms with E-state index in [1.54, 1.807) is 0 Å². The van der Waals surface area contributed by atoms with Gasteiger partial charge in [-0.15, -0.1) is 0 Å². The maximum absolute atomic E-state index is 13.9. The Labute approximate surface area is 272 Å². The van der Waals surface area contributed by atoms with Gasteiger partial charge >= 0.3 is 0 Å². The number of benzene rings is 1. The lowest BCUT2D eigenvalue weighted by Crippen LogP contribution is -2.36. The van der Waals surface area contributed by atoms with Gasteiger partial charge < -0.3 is 14.9 Å². The molecule has 242 valence electrons. The van der Waals surface area contributed by atoms with E-state index in [1.807, 2.05) is 18.2 Å². The number of Topliss-reactive ketones (excluding diaryl/α,β-unsaturated/α-hetero) is 2. The van der Waals surface area contributed by atoms with Crippen LogP contribution in [-0.2, 0) is 12.8 Å². The molecule has 3 aromatic rings. The summed E-state index contributed by atoms with van der Waals surface area (Å²) in [4.78, 5) is 42.6. The highest BCUT2D eigenvalue weighted by atomic mass is 32.1. The quantitative estimate of drug-likeness (QED) is 0.254. The highest BCUT2D eigenvalue weighted by Crippen LogP contribution is 2.38. The molecule has 0 radical (unpaired) electrons. The number of rotatable bonds is 10. The maximum Gasteiger partial charge on any atom is 0.192 e. The molecule has 8 heteroatoms. The van der Waals surface area contributed by atoms with Crippen LogP contribution in [0.2, 0.25) is 0 Å². The molecule has 4 heterocycles. The lowest BCUT2D eigenvalue weighted by molar-refractivity contribution is 0.0805. The van der Waals surface area contributed by atoms with Gasteiger partial charge in [-0.25, -0.2) is 9.97 Å². The molecule has 1 N–H and O–H groups in total. The van der Waals surface area contributed by atoms with Crippen LogP contribution in [0, 0.1) is 17.3 Å². The molecule has 3 atom stereocenters. The fourth-order valence-electron chi connectivity index (χ4n) is 7.59. The van der Waals surface area contributed by atoms with Crippen LogP contribution in [0.5, 0.6) is 0 Å². The summed E-state index contributed by atoms with van der Waals surface area (Å²) in [5.41, 5.74) is 5.36. The summed E-state index contributed by atoms with van der Waals surface area (Å²) in [6, 6.07) is 10.2. The predicted octanol–water partition coefficient (Wildman–Crippen LogP) is 6.57. The molecule has 0 spiro atoms. The van der Waals surface area contributed by atoms with Gasteiger partial charge in [-0.2, -0.15) is 0 Å². The van der Waals surface area contributed by atoms with Gasteiger partial charge in [0.25, 0.3) is 0 Å². The number of fused-ring (bicyclic) bond motifs is 2. The van der Waals surface area contributed by atoms with Crippen molar-refractivity contribution in [2.75, 3.05) is 39.8 Å². The smallest absolute Gasteiger partial charge is 0.192 e. The molecule has 2 aliphatic heterocycles. The molecule has 2 saturated heterocycles. The number of carbonyl (C=O) groups excluding carboxylic acids is 2. The highest BCUT2D eigenvalue weighted by molar-refractivity contribution is 7.19. The molecule has 2 fully saturated rings. The highest BCUT2D eigenvalue weighted by Gasteiger charge is 2.31. The molecule has 6 rings (SSSR count). The van der Waals surface area contributed by atoms with Gasteiger partial charge in [-0.05, 0) is 112 Å². The van der Waals surface area contributed by atoms with Gasteiger partial charge in [0.2, 0.25) is 0 Å². The predicted molar refractivity (Wildman–Crippen MR) is 181 cm³/mol. The van der Waals surface area contributed by atoms with E-state index in [2.05, 4.69) is 49.8 Å². The summed E-state index contributed by atoms with van der Waals surface area (Å²) in [6.45, 7) is 11.6. The number of hydrogen-bond donors (Lipinski definition) is 1. The van der Waals surface area contributed by atoms with Crippen molar-refractivity contribution in [1.29, 1.82) is 0 Å². The monoisotopic (exact) mass is 630 g/mol. The molecule has 0 bridgehead atoms. The summed E-state index contributed by atoms with van der Waals surface area (Å²) in [6.07, 6.45) is 7.35. The Morgan fingerprint density at radius 2 is 1.84 bits per heavy atom. The number of carbonyl (C=O) groups is 2. The Morgan fingerprint density at radius 3 is 2.58 bits per heavy atom. The summed E-state index contributed by atoms with van der Waals surface area (Å²) in [5, 5.41) is 10.5. The van der Waals surface area contributed by atoms with E-state index < -0.39 is 0 Å². The Kier molecular flexibility index (Phi) is 9.86. The Balaban J connectivity index is 1.20. The van der Waals surface area contributed by atoms with Crippen LogP contribution >= 0.6 is 11.3 Å². The third-order valence-electron chi connectivity index (χ3n) is 10.6. The van der Waals surface area contributed by atoms with Crippen molar-refractivity contribution in [1.82, 2.24) is 19.8 Å². The second-order valence-electron chi connectivity index (χ2n) is 15.1. The molecule has 2 aromatic heterocycles. The fourth-order valence-corrected chi connectivity index (χ4v) is 8.48. The Morgan fingerprint density at radius 1 is 1.04 bits per heavy atom. The van der Waals surface area contributed by atoms with Crippen LogP contribution in [0.1, 0.15) is 109 Å². The average Bonchev–Trinajstić information content (AvgIpc) is 3.63. The molecule has 0 amide bonds. The number of aliphatic hydroxyl groups excluding tert-OH is 1. The Hall–Kier alpha value is -2.52. The van der Waals surface area contributed by atoms with Gasteiger partial charge in [-0.3, -0.25) is 9.59 Å². The van der Waals surface area contributed by atoms with E-state index in [0.29, 0.717) is 29.7 Å². The SMILES string of the molecule is CN1CC[C@@H](CC(=O)c2cccc([C@@H](CCN3CCC(O)CC3)CC(=O)c3nc4cc5c(nc4s3)CC[C@H](C(C)(C)C)C5)c2)C1. The minimum atomic E-state index is -0.210. The molecular formula is C37H50N4O3S. The fraction of sp³-hybridized carbons (Fsp3) is 0.622. The van der Waals surface area contributed by atoms with E-state index in [4.69, 9.17) is 9.97 Å². The topological polar surface area (TPSA) is 86.6 Å². The standard InChI is InChI=1S/C37H50N4O3S/c1-37(2,3)29-8-9-31-28(20-29)21-32-35(38-31)45-36(39-32)34(44)22-26(11-15-41-16-12-30(42)13-17-41)25-6-5-7-27(19-25)33(43)18-24-10-14-40(4)23-24/h5-7,19,21,24,26,29-30,42H,8-18,20,22-23H2,1-4H3/t24-,26-,29-/m0/s1. The molecular weight excluding hydrogens is 580 g/mol. The summed E-state index contributed by atoms with van der Waals surface area (Å²) >= 11 is 1.43. The van der Waals surface area contributed by atoms with Gasteiger partial charge in [0.05, 0.1) is 6.10 Å². The number of ketones is 2. The van der Waals surface area contributed by atoms with Crippen molar-refractivity contribution in [2.45, 2.75) is 90.6 Å². The van der Waals surface area contributed by atoms with E-state index in [9.17, 15) is 14.7 Å². The van der Waals surface area contributed by atoms with E-state index in [1.165, 1.54) is 22.6 Å². The zero-order chi connectivity index (χ0) is 31.7. The van der Waals surface area contributed by atoms with Crippen molar-refractivity contribution in [3.8, 4) is 0 Å².